The Morgan fingerprint density at radius 3 is 2.71 bits per heavy atom. The van der Waals surface area contributed by atoms with Crippen LogP contribution in [-0.4, -0.2) is 47.5 Å². The average Bonchev–Trinajstić information content (AvgIpc) is 3.28. The van der Waals surface area contributed by atoms with E-state index in [1.165, 1.54) is 11.1 Å². The molecule has 0 saturated carbocycles. The summed E-state index contributed by atoms with van der Waals surface area (Å²) in [5.74, 6) is 1.39. The molecule has 1 aromatic heterocycles. The minimum atomic E-state index is 0.258. The van der Waals surface area contributed by atoms with Gasteiger partial charge in [-0.05, 0) is 30.5 Å². The normalized spacial score (nSPS) is 17.2. The van der Waals surface area contributed by atoms with Crippen LogP contribution in [0.3, 0.4) is 0 Å². The van der Waals surface area contributed by atoms with Crippen molar-refractivity contribution in [3.63, 3.8) is 0 Å². The van der Waals surface area contributed by atoms with Crippen molar-refractivity contribution in [3.8, 4) is 0 Å². The molecule has 1 unspecified atom stereocenters. The molecule has 2 heterocycles. The highest BCUT2D eigenvalue weighted by atomic mass is 16.2. The van der Waals surface area contributed by atoms with Gasteiger partial charge in [0.1, 0.15) is 0 Å². The van der Waals surface area contributed by atoms with Crippen LogP contribution in [0.1, 0.15) is 24.5 Å². The Bertz CT molecular complexity index is 783. The fourth-order valence-corrected chi connectivity index (χ4v) is 3.52. The van der Waals surface area contributed by atoms with Gasteiger partial charge in [-0.2, -0.15) is 0 Å². The van der Waals surface area contributed by atoms with E-state index in [0.717, 1.165) is 38.6 Å². The van der Waals surface area contributed by atoms with Gasteiger partial charge < -0.3 is 20.1 Å². The van der Waals surface area contributed by atoms with Gasteiger partial charge in [-0.25, -0.2) is 4.99 Å². The van der Waals surface area contributed by atoms with Crippen molar-refractivity contribution < 1.29 is 4.79 Å². The van der Waals surface area contributed by atoms with E-state index < -0.39 is 0 Å². The molecule has 0 radical (unpaired) electrons. The van der Waals surface area contributed by atoms with Crippen molar-refractivity contribution in [2.45, 2.75) is 26.3 Å². The van der Waals surface area contributed by atoms with Crippen molar-refractivity contribution in [3.05, 3.63) is 59.9 Å². The van der Waals surface area contributed by atoms with Gasteiger partial charge in [0.25, 0.3) is 0 Å². The van der Waals surface area contributed by atoms with Gasteiger partial charge in [0.15, 0.2) is 5.96 Å². The van der Waals surface area contributed by atoms with Crippen molar-refractivity contribution >= 4 is 11.9 Å². The lowest BCUT2D eigenvalue weighted by atomic mass is 10.1. The van der Waals surface area contributed by atoms with Crippen LogP contribution in [0.5, 0.6) is 0 Å². The zero-order chi connectivity index (χ0) is 19.8. The number of rotatable bonds is 8. The predicted molar refractivity (Wildman–Crippen MR) is 113 cm³/mol. The largest absolute Gasteiger partial charge is 0.357 e. The molecular weight excluding hydrogens is 350 g/mol. The van der Waals surface area contributed by atoms with Gasteiger partial charge in [-0.15, -0.1) is 0 Å². The fraction of sp³-hybridized carbons (Fsp3) is 0.455. The minimum absolute atomic E-state index is 0.258. The maximum atomic E-state index is 12.3. The molecule has 3 rings (SSSR count). The average molecular weight is 382 g/mol. The van der Waals surface area contributed by atoms with E-state index in [4.69, 9.17) is 0 Å². The summed E-state index contributed by atoms with van der Waals surface area (Å²) in [7, 11) is 2.01. The minimum Gasteiger partial charge on any atom is -0.357 e. The number of likely N-dealkylation sites (tertiary alicyclic amines) is 1. The Balaban J connectivity index is 1.46. The van der Waals surface area contributed by atoms with Crippen LogP contribution in [0, 0.1) is 5.92 Å². The lowest BCUT2D eigenvalue weighted by Gasteiger charge is -2.18. The number of nitrogens with one attached hydrogen (secondary N) is 2. The van der Waals surface area contributed by atoms with Gasteiger partial charge in [0.05, 0.1) is 6.54 Å². The smallest absolute Gasteiger partial charge is 0.223 e. The summed E-state index contributed by atoms with van der Waals surface area (Å²) in [6, 6.07) is 12.4. The second kappa shape index (κ2) is 9.97. The van der Waals surface area contributed by atoms with Crippen LogP contribution in [0.4, 0.5) is 0 Å². The molecule has 6 nitrogen and oxygen atoms in total. The summed E-state index contributed by atoms with van der Waals surface area (Å²) >= 11 is 0. The first-order valence-corrected chi connectivity index (χ1v) is 10.1. The number of hydrogen-bond acceptors (Lipinski definition) is 2. The van der Waals surface area contributed by atoms with Crippen LogP contribution >= 0.6 is 0 Å². The molecule has 2 aromatic rings. The number of aliphatic imine (C=N–C) groups is 1. The topological polar surface area (TPSA) is 61.7 Å². The zero-order valence-corrected chi connectivity index (χ0v) is 16.9. The number of nitrogens with zero attached hydrogens (tertiary/aromatic N) is 3. The number of amides is 1. The van der Waals surface area contributed by atoms with Gasteiger partial charge in [-0.1, -0.05) is 30.3 Å². The Hall–Kier alpha value is -2.76. The van der Waals surface area contributed by atoms with Crippen LogP contribution in [0.25, 0.3) is 0 Å². The molecule has 2 N–H and O–H groups in total. The molecule has 150 valence electrons. The molecule has 6 heteroatoms. The summed E-state index contributed by atoms with van der Waals surface area (Å²) in [6.07, 6.45) is 5.63. The van der Waals surface area contributed by atoms with Gasteiger partial charge in [0, 0.05) is 58.0 Å². The van der Waals surface area contributed by atoms with E-state index in [-0.39, 0.29) is 5.91 Å². The Morgan fingerprint density at radius 1 is 1.18 bits per heavy atom. The number of aromatic nitrogens is 1. The molecular formula is C22H31N5O. The summed E-state index contributed by atoms with van der Waals surface area (Å²) in [4.78, 5) is 19.0. The Morgan fingerprint density at radius 2 is 2.00 bits per heavy atom. The van der Waals surface area contributed by atoms with Crippen LogP contribution in [-0.2, 0) is 24.8 Å². The summed E-state index contributed by atoms with van der Waals surface area (Å²) < 4.78 is 2.03. The fourth-order valence-electron chi connectivity index (χ4n) is 3.52. The molecule has 1 saturated heterocycles. The van der Waals surface area contributed by atoms with Gasteiger partial charge in [-0.3, -0.25) is 4.79 Å². The van der Waals surface area contributed by atoms with Gasteiger partial charge >= 0.3 is 0 Å². The maximum absolute atomic E-state index is 12.3. The van der Waals surface area contributed by atoms with Crippen molar-refractivity contribution in [2.75, 3.05) is 26.2 Å². The highest BCUT2D eigenvalue weighted by molar-refractivity contribution is 5.81. The van der Waals surface area contributed by atoms with Crippen LogP contribution < -0.4 is 10.6 Å². The number of hydrogen-bond donors (Lipinski definition) is 2. The van der Waals surface area contributed by atoms with E-state index in [1.54, 1.807) is 0 Å². The third kappa shape index (κ3) is 5.87. The Kier molecular flexibility index (Phi) is 7.12. The van der Waals surface area contributed by atoms with E-state index in [9.17, 15) is 4.79 Å². The lowest BCUT2D eigenvalue weighted by Crippen LogP contribution is -2.40. The number of benzene rings is 1. The quantitative estimate of drug-likeness (QED) is 0.544. The van der Waals surface area contributed by atoms with E-state index >= 15 is 0 Å². The van der Waals surface area contributed by atoms with Crippen LogP contribution in [0.2, 0.25) is 0 Å². The highest BCUT2D eigenvalue weighted by Gasteiger charge is 2.29. The van der Waals surface area contributed by atoms with Gasteiger partial charge in [0.2, 0.25) is 5.91 Å². The summed E-state index contributed by atoms with van der Waals surface area (Å²) in [5, 5.41) is 6.69. The second-order valence-corrected chi connectivity index (χ2v) is 7.41. The molecule has 1 fully saturated rings. The monoisotopic (exact) mass is 381 g/mol. The molecule has 1 aromatic carbocycles. The molecule has 1 aliphatic rings. The van der Waals surface area contributed by atoms with E-state index in [1.807, 2.05) is 40.9 Å². The number of carbonyl (C=O) groups excluding carboxylic acids is 1. The van der Waals surface area contributed by atoms with Crippen molar-refractivity contribution in [1.82, 2.24) is 20.1 Å². The molecule has 28 heavy (non-hydrogen) atoms. The molecule has 0 bridgehead atoms. The molecule has 0 aliphatic carbocycles. The molecule has 1 aliphatic heterocycles. The maximum Gasteiger partial charge on any atom is 0.223 e. The first-order valence-electron chi connectivity index (χ1n) is 10.1. The molecule has 0 spiro atoms. The first kappa shape index (κ1) is 20.0. The third-order valence-electron chi connectivity index (χ3n) is 5.02. The number of aryl methyl sites for hydroxylation is 1. The Labute approximate surface area is 167 Å². The first-order chi connectivity index (χ1) is 13.6. The summed E-state index contributed by atoms with van der Waals surface area (Å²) in [6.45, 7) is 5.88. The third-order valence-corrected chi connectivity index (χ3v) is 5.02. The second-order valence-electron chi connectivity index (χ2n) is 7.41. The van der Waals surface area contributed by atoms with Crippen molar-refractivity contribution in [2.24, 2.45) is 18.0 Å². The molecule has 1 amide bonds. The lowest BCUT2D eigenvalue weighted by molar-refractivity contribution is -0.127. The van der Waals surface area contributed by atoms with Crippen LogP contribution in [0.15, 0.2) is 53.8 Å². The summed E-state index contributed by atoms with van der Waals surface area (Å²) in [5.41, 5.74) is 2.46. The van der Waals surface area contributed by atoms with E-state index in [2.05, 4.69) is 46.9 Å². The van der Waals surface area contributed by atoms with Crippen molar-refractivity contribution in [1.29, 1.82) is 0 Å². The predicted octanol–water partition coefficient (Wildman–Crippen LogP) is 2.17. The zero-order valence-electron chi connectivity index (χ0n) is 16.9. The van der Waals surface area contributed by atoms with E-state index in [0.29, 0.717) is 18.9 Å². The standard InChI is InChI=1S/C22H31N5O/c1-3-23-22(24-14-19-9-11-26(2)16-19)25-15-20-13-21(28)27(17-20)12-10-18-7-5-4-6-8-18/h4-9,11,16,20H,3,10,12-15,17H2,1-2H3,(H2,23,24,25). The number of carbonyl (C=O) groups is 1. The number of guanidine groups is 1. The SMILES string of the molecule is CCNC(=NCc1ccn(C)c1)NCC1CC(=O)N(CCc2ccccc2)C1. The molecule has 1 atom stereocenters. The highest BCUT2D eigenvalue weighted by Crippen LogP contribution is 2.17.